The minimum absolute atomic E-state index is 0.171. The number of hydrogen-bond donors (Lipinski definition) is 1. The molecule has 114 valence electrons. The molecule has 0 amide bonds. The molecule has 1 fully saturated rings. The summed E-state index contributed by atoms with van der Waals surface area (Å²) < 4.78 is 7.88. The Morgan fingerprint density at radius 1 is 1.40 bits per heavy atom. The highest BCUT2D eigenvalue weighted by atomic mass is 16.5. The van der Waals surface area contributed by atoms with Crippen LogP contribution in [0.5, 0.6) is 0 Å². The normalized spacial score (nSPS) is 19.9. The summed E-state index contributed by atoms with van der Waals surface area (Å²) in [5.74, 6) is 0.635. The summed E-state index contributed by atoms with van der Waals surface area (Å²) in [5, 5.41) is 11.7. The first-order valence-electron chi connectivity index (χ1n) is 7.90. The first-order valence-corrected chi connectivity index (χ1v) is 7.90. The lowest BCUT2D eigenvalue weighted by Gasteiger charge is -2.34. The van der Waals surface area contributed by atoms with Crippen LogP contribution in [-0.2, 0) is 11.3 Å². The Balaban J connectivity index is 2.17. The Bertz CT molecular complexity index is 387. The number of likely N-dealkylation sites (N-methyl/N-ethyl adjacent to an activating group) is 1. The van der Waals surface area contributed by atoms with Crippen molar-refractivity contribution in [3.05, 3.63) is 11.9 Å². The van der Waals surface area contributed by atoms with E-state index >= 15 is 0 Å². The molecule has 1 heterocycles. The fourth-order valence-electron chi connectivity index (χ4n) is 3.44. The van der Waals surface area contributed by atoms with Crippen LogP contribution in [0.25, 0.3) is 0 Å². The van der Waals surface area contributed by atoms with Gasteiger partial charge in [0.2, 0.25) is 0 Å². The van der Waals surface area contributed by atoms with Crippen molar-refractivity contribution < 1.29 is 4.74 Å². The highest BCUT2D eigenvalue weighted by Gasteiger charge is 2.32. The summed E-state index contributed by atoms with van der Waals surface area (Å²) in [4.78, 5) is 0. The van der Waals surface area contributed by atoms with Crippen molar-refractivity contribution in [1.82, 2.24) is 20.3 Å². The lowest BCUT2D eigenvalue weighted by atomic mass is 9.82. The standard InChI is InChI=1S/C15H28N4O/c1-4-10-19-13(11-17-18-19)14(16-2)15(20-3)12-8-6-5-7-9-12/h11-12,14-16H,4-10H2,1-3H3. The van der Waals surface area contributed by atoms with Gasteiger partial charge in [0.25, 0.3) is 0 Å². The van der Waals surface area contributed by atoms with Crippen LogP contribution in [0.1, 0.15) is 57.2 Å². The Labute approximate surface area is 122 Å². The second-order valence-electron chi connectivity index (χ2n) is 5.75. The number of methoxy groups -OCH3 is 1. The van der Waals surface area contributed by atoms with Crippen LogP contribution in [0.2, 0.25) is 0 Å². The van der Waals surface area contributed by atoms with Crippen LogP contribution in [-0.4, -0.2) is 35.3 Å². The minimum Gasteiger partial charge on any atom is -0.379 e. The first-order chi connectivity index (χ1) is 9.81. The third kappa shape index (κ3) is 3.38. The van der Waals surface area contributed by atoms with Gasteiger partial charge in [-0.15, -0.1) is 5.10 Å². The maximum absolute atomic E-state index is 5.87. The monoisotopic (exact) mass is 280 g/mol. The Kier molecular flexibility index (Phi) is 5.98. The maximum atomic E-state index is 5.87. The minimum atomic E-state index is 0.171. The molecule has 1 N–H and O–H groups in total. The molecule has 0 bridgehead atoms. The number of ether oxygens (including phenoxy) is 1. The van der Waals surface area contributed by atoms with E-state index in [-0.39, 0.29) is 12.1 Å². The SMILES string of the molecule is CCCn1nncc1C(NC)C(OC)C1CCCCC1. The van der Waals surface area contributed by atoms with Crippen molar-refractivity contribution in [2.75, 3.05) is 14.2 Å². The first kappa shape index (κ1) is 15.4. The van der Waals surface area contributed by atoms with E-state index in [0.29, 0.717) is 5.92 Å². The summed E-state index contributed by atoms with van der Waals surface area (Å²) in [6, 6.07) is 0.171. The molecule has 0 aromatic carbocycles. The van der Waals surface area contributed by atoms with E-state index in [0.717, 1.165) is 18.7 Å². The molecular formula is C15H28N4O. The highest BCUT2D eigenvalue weighted by Crippen LogP contribution is 2.33. The molecule has 1 aliphatic carbocycles. The molecule has 20 heavy (non-hydrogen) atoms. The van der Waals surface area contributed by atoms with Crippen LogP contribution in [0, 0.1) is 5.92 Å². The fourth-order valence-corrected chi connectivity index (χ4v) is 3.44. The van der Waals surface area contributed by atoms with Gasteiger partial charge in [-0.1, -0.05) is 31.4 Å². The fraction of sp³-hybridized carbons (Fsp3) is 0.867. The molecule has 5 nitrogen and oxygen atoms in total. The van der Waals surface area contributed by atoms with Gasteiger partial charge in [0.1, 0.15) is 0 Å². The summed E-state index contributed by atoms with van der Waals surface area (Å²) in [7, 11) is 3.83. The van der Waals surface area contributed by atoms with Gasteiger partial charge in [-0.25, -0.2) is 4.68 Å². The summed E-state index contributed by atoms with van der Waals surface area (Å²) in [5.41, 5.74) is 1.15. The van der Waals surface area contributed by atoms with Gasteiger partial charge in [0.05, 0.1) is 24.0 Å². The summed E-state index contributed by atoms with van der Waals surface area (Å²) >= 11 is 0. The molecule has 0 saturated heterocycles. The van der Waals surface area contributed by atoms with Crippen molar-refractivity contribution in [2.45, 2.75) is 64.1 Å². The number of nitrogens with one attached hydrogen (secondary N) is 1. The molecule has 1 aliphatic rings. The van der Waals surface area contributed by atoms with Gasteiger partial charge in [0, 0.05) is 13.7 Å². The number of hydrogen-bond acceptors (Lipinski definition) is 4. The van der Waals surface area contributed by atoms with Gasteiger partial charge in [-0.05, 0) is 32.2 Å². The molecule has 2 atom stereocenters. The Hall–Kier alpha value is -0.940. The third-order valence-electron chi connectivity index (χ3n) is 4.43. The molecule has 0 spiro atoms. The second kappa shape index (κ2) is 7.74. The third-order valence-corrected chi connectivity index (χ3v) is 4.43. The van der Waals surface area contributed by atoms with E-state index in [9.17, 15) is 0 Å². The van der Waals surface area contributed by atoms with E-state index in [2.05, 4.69) is 22.6 Å². The average Bonchev–Trinajstić information content (AvgIpc) is 2.94. The van der Waals surface area contributed by atoms with Crippen LogP contribution < -0.4 is 5.32 Å². The summed E-state index contributed by atoms with van der Waals surface area (Å²) in [6.45, 7) is 3.07. The average molecular weight is 280 g/mol. The molecule has 0 radical (unpaired) electrons. The zero-order chi connectivity index (χ0) is 14.4. The summed E-state index contributed by atoms with van der Waals surface area (Å²) in [6.07, 6.45) is 9.71. The number of aromatic nitrogens is 3. The van der Waals surface area contributed by atoms with Gasteiger partial charge < -0.3 is 10.1 Å². The largest absolute Gasteiger partial charge is 0.379 e. The Morgan fingerprint density at radius 2 is 2.15 bits per heavy atom. The molecule has 1 aromatic rings. The van der Waals surface area contributed by atoms with Gasteiger partial charge >= 0.3 is 0 Å². The zero-order valence-corrected chi connectivity index (χ0v) is 13.0. The lowest BCUT2D eigenvalue weighted by Crippen LogP contribution is -2.39. The maximum Gasteiger partial charge on any atom is 0.0809 e. The molecule has 2 rings (SSSR count). The van der Waals surface area contributed by atoms with Crippen molar-refractivity contribution in [2.24, 2.45) is 5.92 Å². The van der Waals surface area contributed by atoms with Crippen molar-refractivity contribution in [3.63, 3.8) is 0 Å². The predicted molar refractivity (Wildman–Crippen MR) is 79.5 cm³/mol. The van der Waals surface area contributed by atoms with Crippen molar-refractivity contribution in [3.8, 4) is 0 Å². The van der Waals surface area contributed by atoms with Gasteiger partial charge in [-0.2, -0.15) is 0 Å². The van der Waals surface area contributed by atoms with E-state index in [4.69, 9.17) is 4.74 Å². The molecule has 1 saturated carbocycles. The smallest absolute Gasteiger partial charge is 0.0809 e. The van der Waals surface area contributed by atoms with E-state index in [1.54, 1.807) is 0 Å². The number of rotatable bonds is 7. The van der Waals surface area contributed by atoms with Gasteiger partial charge in [0.15, 0.2) is 0 Å². The molecular weight excluding hydrogens is 252 g/mol. The highest BCUT2D eigenvalue weighted by molar-refractivity contribution is 5.06. The van der Waals surface area contributed by atoms with Crippen LogP contribution in [0.4, 0.5) is 0 Å². The number of aryl methyl sites for hydroxylation is 1. The van der Waals surface area contributed by atoms with E-state index in [1.165, 1.54) is 32.1 Å². The van der Waals surface area contributed by atoms with E-state index in [1.807, 2.05) is 25.0 Å². The molecule has 2 unspecified atom stereocenters. The van der Waals surface area contributed by atoms with E-state index < -0.39 is 0 Å². The quantitative estimate of drug-likeness (QED) is 0.834. The van der Waals surface area contributed by atoms with Crippen molar-refractivity contribution >= 4 is 0 Å². The molecule has 0 aliphatic heterocycles. The Morgan fingerprint density at radius 3 is 2.75 bits per heavy atom. The van der Waals surface area contributed by atoms with Gasteiger partial charge in [-0.3, -0.25) is 0 Å². The topological polar surface area (TPSA) is 52.0 Å². The number of nitrogens with zero attached hydrogens (tertiary/aromatic N) is 3. The van der Waals surface area contributed by atoms with Crippen LogP contribution >= 0.6 is 0 Å². The second-order valence-corrected chi connectivity index (χ2v) is 5.75. The predicted octanol–water partition coefficient (Wildman–Crippen LogP) is 2.54. The van der Waals surface area contributed by atoms with Crippen LogP contribution in [0.15, 0.2) is 6.20 Å². The lowest BCUT2D eigenvalue weighted by molar-refractivity contribution is 0.00725. The van der Waals surface area contributed by atoms with Crippen LogP contribution in [0.3, 0.4) is 0 Å². The molecule has 5 heteroatoms. The zero-order valence-electron chi connectivity index (χ0n) is 13.0. The van der Waals surface area contributed by atoms with Crippen molar-refractivity contribution in [1.29, 1.82) is 0 Å². The molecule has 1 aromatic heterocycles.